The van der Waals surface area contributed by atoms with Gasteiger partial charge in [-0.05, 0) is 102 Å². The van der Waals surface area contributed by atoms with E-state index in [0.29, 0.717) is 45.1 Å². The summed E-state index contributed by atoms with van der Waals surface area (Å²) < 4.78 is 172. The highest BCUT2D eigenvalue weighted by Crippen LogP contribution is 2.46. The Labute approximate surface area is 341 Å². The second-order valence-electron chi connectivity index (χ2n) is 14.5. The van der Waals surface area contributed by atoms with Gasteiger partial charge in [0.2, 0.25) is 0 Å². The Morgan fingerprint density at radius 2 is 0.823 bits per heavy atom. The van der Waals surface area contributed by atoms with Crippen molar-refractivity contribution in [3.8, 4) is 39.7 Å². The minimum Gasteiger partial charge on any atom is -0.309 e. The van der Waals surface area contributed by atoms with Gasteiger partial charge in [0.05, 0.1) is 67.3 Å². The Morgan fingerprint density at radius 1 is 0.355 bits per heavy atom. The summed E-state index contributed by atoms with van der Waals surface area (Å²) in [6.07, 6.45) is -19.8. The molecule has 0 spiro atoms. The molecule has 0 aliphatic carbocycles. The second kappa shape index (κ2) is 13.9. The Balaban J connectivity index is 1.41. The SMILES string of the molecule is N#Cc1ccc(-n2c3ccccc3c3cc(C(F)(F)F)ccc32)c(-c2ccc(-c3cc(C(F)(F)F)cc(C(F)(F)F)c3)cc2-n2c3ccccc3c3cc(C(F)(F)F)ccc32)c1. The number of halogens is 12. The van der Waals surface area contributed by atoms with Crippen LogP contribution in [0.15, 0.2) is 140 Å². The maximum atomic E-state index is 14.1. The van der Waals surface area contributed by atoms with Crippen LogP contribution in [-0.2, 0) is 24.7 Å². The van der Waals surface area contributed by atoms with Crippen LogP contribution in [0.1, 0.15) is 27.8 Å². The lowest BCUT2D eigenvalue weighted by Gasteiger charge is -2.21. The molecule has 0 unspecified atom stereocenters. The second-order valence-corrected chi connectivity index (χ2v) is 14.5. The van der Waals surface area contributed by atoms with Crippen LogP contribution in [0, 0.1) is 11.3 Å². The summed E-state index contributed by atoms with van der Waals surface area (Å²) in [4.78, 5) is 0. The predicted octanol–water partition coefficient (Wildman–Crippen LogP) is 15.2. The number of nitrogens with zero attached hydrogens (tertiary/aromatic N) is 3. The zero-order valence-corrected chi connectivity index (χ0v) is 31.2. The largest absolute Gasteiger partial charge is 0.416 e. The van der Waals surface area contributed by atoms with Crippen molar-refractivity contribution < 1.29 is 52.7 Å². The lowest BCUT2D eigenvalue weighted by atomic mass is 9.93. The maximum absolute atomic E-state index is 14.1. The molecule has 15 heteroatoms. The van der Waals surface area contributed by atoms with Gasteiger partial charge in [-0.15, -0.1) is 0 Å². The maximum Gasteiger partial charge on any atom is 0.416 e. The average molecular weight is 858 g/mol. The molecule has 9 aromatic rings. The molecular weight excluding hydrogens is 835 g/mol. The van der Waals surface area contributed by atoms with Crippen molar-refractivity contribution in [3.05, 3.63) is 167 Å². The van der Waals surface area contributed by atoms with E-state index in [0.717, 1.165) is 24.3 Å². The molecule has 0 saturated heterocycles. The smallest absolute Gasteiger partial charge is 0.309 e. The molecule has 310 valence electrons. The van der Waals surface area contributed by atoms with Crippen molar-refractivity contribution in [2.75, 3.05) is 0 Å². The van der Waals surface area contributed by atoms with Gasteiger partial charge < -0.3 is 9.13 Å². The molecule has 0 N–H and O–H groups in total. The van der Waals surface area contributed by atoms with E-state index < -0.39 is 52.5 Å². The van der Waals surface area contributed by atoms with Gasteiger partial charge in [0.15, 0.2) is 0 Å². The molecule has 0 aliphatic heterocycles. The summed E-state index contributed by atoms with van der Waals surface area (Å²) in [7, 11) is 0. The zero-order valence-electron chi connectivity index (χ0n) is 31.2. The van der Waals surface area contributed by atoms with Crippen molar-refractivity contribution >= 4 is 43.6 Å². The molecule has 9 rings (SSSR count). The summed E-state index contributed by atoms with van der Waals surface area (Å²) in [6.45, 7) is 0. The minimum atomic E-state index is -5.18. The molecule has 0 fully saturated rings. The van der Waals surface area contributed by atoms with E-state index in [4.69, 9.17) is 0 Å². The van der Waals surface area contributed by atoms with Crippen LogP contribution < -0.4 is 0 Å². The molecule has 7 aromatic carbocycles. The molecule has 3 nitrogen and oxygen atoms in total. The van der Waals surface area contributed by atoms with Crippen molar-refractivity contribution in [3.63, 3.8) is 0 Å². The molecule has 0 amide bonds. The highest BCUT2D eigenvalue weighted by atomic mass is 19.4. The Bertz CT molecular complexity index is 3290. The third kappa shape index (κ3) is 6.75. The summed E-state index contributed by atoms with van der Waals surface area (Å²) in [5.74, 6) is 0. The molecule has 0 aliphatic rings. The highest BCUT2D eigenvalue weighted by molar-refractivity contribution is 6.12. The van der Waals surface area contributed by atoms with Crippen LogP contribution in [0.2, 0.25) is 0 Å². The summed E-state index contributed by atoms with van der Waals surface area (Å²) >= 11 is 0. The van der Waals surface area contributed by atoms with Crippen molar-refractivity contribution in [2.45, 2.75) is 24.7 Å². The molecular formula is C47H23F12N3. The zero-order chi connectivity index (χ0) is 44.1. The lowest BCUT2D eigenvalue weighted by molar-refractivity contribution is -0.143. The number of para-hydroxylation sites is 2. The fraction of sp³-hybridized carbons (Fsp3) is 0.0851. The summed E-state index contributed by atoms with van der Waals surface area (Å²) in [6, 6.07) is 30.9. The van der Waals surface area contributed by atoms with Gasteiger partial charge >= 0.3 is 24.7 Å². The van der Waals surface area contributed by atoms with Crippen molar-refractivity contribution in [1.29, 1.82) is 5.26 Å². The third-order valence-corrected chi connectivity index (χ3v) is 10.8. The Hall–Kier alpha value is -7.21. The standard InChI is InChI=1S/C47H23F12N3/c48-44(49,50)28-11-15-41-36(22-28)32-5-1-3-7-38(32)61(41)40-14-9-25(24-60)17-35(40)34-13-10-26(27-18-30(46(54,55)56)21-31(19-27)47(57,58)59)20-43(34)62-39-8-4-2-6-33(39)37-23-29(45(51,52)53)12-16-42(37)62/h1-23H. The fourth-order valence-electron chi connectivity index (χ4n) is 8.08. The Morgan fingerprint density at radius 3 is 1.31 bits per heavy atom. The van der Waals surface area contributed by atoms with Crippen LogP contribution in [0.5, 0.6) is 0 Å². The predicted molar refractivity (Wildman–Crippen MR) is 211 cm³/mol. The first-order chi connectivity index (χ1) is 29.2. The number of benzene rings is 7. The van der Waals surface area contributed by atoms with E-state index in [9.17, 15) is 57.9 Å². The lowest BCUT2D eigenvalue weighted by Crippen LogP contribution is -2.11. The van der Waals surface area contributed by atoms with Crippen LogP contribution in [0.25, 0.3) is 77.2 Å². The van der Waals surface area contributed by atoms with Gasteiger partial charge in [-0.3, -0.25) is 0 Å². The number of hydrogen-bond donors (Lipinski definition) is 0. The van der Waals surface area contributed by atoms with Gasteiger partial charge in [0.1, 0.15) is 0 Å². The van der Waals surface area contributed by atoms with Crippen LogP contribution in [-0.4, -0.2) is 9.13 Å². The highest BCUT2D eigenvalue weighted by Gasteiger charge is 2.38. The van der Waals surface area contributed by atoms with E-state index >= 15 is 0 Å². The third-order valence-electron chi connectivity index (χ3n) is 10.8. The summed E-state index contributed by atoms with van der Waals surface area (Å²) in [5.41, 5.74) is -3.43. The van der Waals surface area contributed by atoms with Gasteiger partial charge in [-0.25, -0.2) is 0 Å². The van der Waals surface area contributed by atoms with E-state index in [-0.39, 0.29) is 50.3 Å². The number of aromatic nitrogens is 2. The monoisotopic (exact) mass is 857 g/mol. The minimum absolute atomic E-state index is 0.00691. The van der Waals surface area contributed by atoms with Gasteiger partial charge in [0, 0.05) is 32.7 Å². The summed E-state index contributed by atoms with van der Waals surface area (Å²) in [5, 5.41) is 11.3. The first-order valence-corrected chi connectivity index (χ1v) is 18.4. The molecule has 0 bridgehead atoms. The van der Waals surface area contributed by atoms with E-state index in [1.807, 2.05) is 0 Å². The molecule has 62 heavy (non-hydrogen) atoms. The molecule has 0 saturated carbocycles. The quantitative estimate of drug-likeness (QED) is 0.162. The first-order valence-electron chi connectivity index (χ1n) is 18.4. The van der Waals surface area contributed by atoms with E-state index in [1.165, 1.54) is 47.0 Å². The number of hydrogen-bond acceptors (Lipinski definition) is 1. The molecule has 2 aromatic heterocycles. The van der Waals surface area contributed by atoms with Crippen molar-refractivity contribution in [2.24, 2.45) is 0 Å². The number of fused-ring (bicyclic) bond motifs is 6. The fourth-order valence-corrected chi connectivity index (χ4v) is 8.08. The molecule has 0 radical (unpaired) electrons. The van der Waals surface area contributed by atoms with Gasteiger partial charge in [-0.2, -0.15) is 57.9 Å². The number of rotatable bonds is 4. The van der Waals surface area contributed by atoms with Crippen LogP contribution in [0.3, 0.4) is 0 Å². The van der Waals surface area contributed by atoms with Crippen molar-refractivity contribution in [1.82, 2.24) is 9.13 Å². The number of alkyl halides is 12. The molecule has 0 atom stereocenters. The van der Waals surface area contributed by atoms with Crippen LogP contribution >= 0.6 is 0 Å². The van der Waals surface area contributed by atoms with Gasteiger partial charge in [-0.1, -0.05) is 48.5 Å². The molecule has 2 heterocycles. The first kappa shape index (κ1) is 40.2. The van der Waals surface area contributed by atoms with E-state index in [1.54, 1.807) is 59.2 Å². The van der Waals surface area contributed by atoms with Crippen LogP contribution in [0.4, 0.5) is 52.7 Å². The normalized spacial score (nSPS) is 12.8. The average Bonchev–Trinajstić information content (AvgIpc) is 3.74. The number of nitriles is 1. The Kier molecular flexibility index (Phi) is 9.02. The van der Waals surface area contributed by atoms with E-state index in [2.05, 4.69) is 6.07 Å². The topological polar surface area (TPSA) is 33.6 Å². The van der Waals surface area contributed by atoms with Gasteiger partial charge in [0.25, 0.3) is 0 Å².